The third-order valence-electron chi connectivity index (χ3n) is 3.91. The molecule has 1 unspecified atom stereocenters. The topological polar surface area (TPSA) is 84.7 Å². The van der Waals surface area contributed by atoms with Gasteiger partial charge >= 0.3 is 6.09 Å². The molecule has 126 valence electrons. The number of para-hydroxylation sites is 1. The Bertz CT molecular complexity index is 568. The second-order valence-electron chi connectivity index (χ2n) is 6.96. The fourth-order valence-electron chi connectivity index (χ4n) is 2.58. The number of carbonyl (C=O) groups is 2. The molecular formula is C17H25N3O3. The van der Waals surface area contributed by atoms with Crippen LogP contribution in [0.3, 0.4) is 0 Å². The number of rotatable bonds is 3. The van der Waals surface area contributed by atoms with Gasteiger partial charge in [0.15, 0.2) is 0 Å². The van der Waals surface area contributed by atoms with Crippen LogP contribution in [0.1, 0.15) is 27.2 Å². The molecule has 1 heterocycles. The van der Waals surface area contributed by atoms with Gasteiger partial charge in [0.2, 0.25) is 5.91 Å². The van der Waals surface area contributed by atoms with E-state index in [1.54, 1.807) is 4.90 Å². The number of nitrogens with one attached hydrogen (secondary N) is 1. The van der Waals surface area contributed by atoms with Gasteiger partial charge in [-0.3, -0.25) is 4.79 Å². The van der Waals surface area contributed by atoms with Gasteiger partial charge in [0, 0.05) is 25.3 Å². The van der Waals surface area contributed by atoms with Gasteiger partial charge in [-0.1, -0.05) is 18.2 Å². The Morgan fingerprint density at radius 1 is 1.30 bits per heavy atom. The standard InChI is InChI=1S/C17H25N3O3/c1-16(2,3)23-15(22)20-10-9-17(11-18,12-20)14(21)19-13-7-5-4-6-8-13/h4-8H,9-12,18H2,1-3H3,(H,19,21). The highest BCUT2D eigenvalue weighted by molar-refractivity contribution is 5.96. The fourth-order valence-corrected chi connectivity index (χ4v) is 2.58. The second-order valence-corrected chi connectivity index (χ2v) is 6.96. The molecule has 6 heteroatoms. The first-order valence-electron chi connectivity index (χ1n) is 7.80. The summed E-state index contributed by atoms with van der Waals surface area (Å²) in [5.74, 6) is -0.155. The van der Waals surface area contributed by atoms with E-state index in [1.165, 1.54) is 0 Å². The monoisotopic (exact) mass is 319 g/mol. The van der Waals surface area contributed by atoms with E-state index in [-0.39, 0.29) is 19.0 Å². The Labute approximate surface area is 137 Å². The SMILES string of the molecule is CC(C)(C)OC(=O)N1CCC(CN)(C(=O)Nc2ccccc2)C1. The van der Waals surface area contributed by atoms with Crippen molar-refractivity contribution in [3.05, 3.63) is 30.3 Å². The Hall–Kier alpha value is -2.08. The number of hydrogen-bond donors (Lipinski definition) is 2. The van der Waals surface area contributed by atoms with E-state index in [2.05, 4.69) is 5.32 Å². The van der Waals surface area contributed by atoms with E-state index < -0.39 is 17.1 Å². The number of amides is 2. The van der Waals surface area contributed by atoms with Crippen LogP contribution in [0.4, 0.5) is 10.5 Å². The first-order valence-corrected chi connectivity index (χ1v) is 7.80. The maximum absolute atomic E-state index is 12.7. The molecule has 3 N–H and O–H groups in total. The molecule has 2 amide bonds. The molecular weight excluding hydrogens is 294 g/mol. The molecule has 0 aromatic heterocycles. The van der Waals surface area contributed by atoms with Crippen LogP contribution in [0, 0.1) is 5.41 Å². The molecule has 0 radical (unpaired) electrons. The summed E-state index contributed by atoms with van der Waals surface area (Å²) in [4.78, 5) is 26.4. The fraction of sp³-hybridized carbons (Fsp3) is 0.529. The zero-order valence-electron chi connectivity index (χ0n) is 14.0. The van der Waals surface area contributed by atoms with Crippen LogP contribution in [0.2, 0.25) is 0 Å². The normalized spacial score (nSPS) is 21.1. The van der Waals surface area contributed by atoms with E-state index in [0.29, 0.717) is 13.0 Å². The van der Waals surface area contributed by atoms with Crippen molar-refractivity contribution in [2.24, 2.45) is 11.1 Å². The summed E-state index contributed by atoms with van der Waals surface area (Å²) in [6, 6.07) is 9.23. The summed E-state index contributed by atoms with van der Waals surface area (Å²) in [6.07, 6.45) is 0.127. The van der Waals surface area contributed by atoms with E-state index in [4.69, 9.17) is 10.5 Å². The molecule has 0 spiro atoms. The Morgan fingerprint density at radius 2 is 1.96 bits per heavy atom. The van der Waals surface area contributed by atoms with Gasteiger partial charge in [-0.15, -0.1) is 0 Å². The number of hydrogen-bond acceptors (Lipinski definition) is 4. The number of benzene rings is 1. The Kier molecular flexibility index (Phi) is 4.94. The van der Waals surface area contributed by atoms with Gasteiger partial charge < -0.3 is 20.7 Å². The molecule has 1 aromatic rings. The van der Waals surface area contributed by atoms with Gasteiger partial charge in [0.25, 0.3) is 0 Å². The summed E-state index contributed by atoms with van der Waals surface area (Å²) < 4.78 is 5.37. The predicted octanol–water partition coefficient (Wildman–Crippen LogP) is 2.21. The smallest absolute Gasteiger partial charge is 0.410 e. The van der Waals surface area contributed by atoms with Crippen molar-refractivity contribution < 1.29 is 14.3 Å². The van der Waals surface area contributed by atoms with Gasteiger partial charge in [-0.2, -0.15) is 0 Å². The molecule has 0 bridgehead atoms. The zero-order valence-corrected chi connectivity index (χ0v) is 14.0. The van der Waals surface area contributed by atoms with Gasteiger partial charge in [0.05, 0.1) is 5.41 Å². The summed E-state index contributed by atoms with van der Waals surface area (Å²) >= 11 is 0. The summed E-state index contributed by atoms with van der Waals surface area (Å²) in [5, 5.41) is 2.89. The second kappa shape index (κ2) is 6.58. The minimum Gasteiger partial charge on any atom is -0.444 e. The highest BCUT2D eigenvalue weighted by Gasteiger charge is 2.46. The molecule has 6 nitrogen and oxygen atoms in total. The predicted molar refractivity (Wildman–Crippen MR) is 89.0 cm³/mol. The van der Waals surface area contributed by atoms with Crippen LogP contribution in [0.25, 0.3) is 0 Å². The molecule has 1 aliphatic rings. The quantitative estimate of drug-likeness (QED) is 0.894. The highest BCUT2D eigenvalue weighted by atomic mass is 16.6. The zero-order chi connectivity index (χ0) is 17.1. The summed E-state index contributed by atoms with van der Waals surface area (Å²) in [6.45, 7) is 6.38. The first kappa shape index (κ1) is 17.3. The molecule has 2 rings (SSSR count). The molecule has 1 saturated heterocycles. The van der Waals surface area contributed by atoms with Crippen LogP contribution < -0.4 is 11.1 Å². The number of likely N-dealkylation sites (tertiary alicyclic amines) is 1. The van der Waals surface area contributed by atoms with Crippen molar-refractivity contribution in [2.45, 2.75) is 32.8 Å². The van der Waals surface area contributed by atoms with Crippen LogP contribution in [0.15, 0.2) is 30.3 Å². The third-order valence-corrected chi connectivity index (χ3v) is 3.91. The van der Waals surface area contributed by atoms with E-state index >= 15 is 0 Å². The molecule has 23 heavy (non-hydrogen) atoms. The molecule has 1 atom stereocenters. The number of nitrogens with two attached hydrogens (primary N) is 1. The van der Waals surface area contributed by atoms with Crippen molar-refractivity contribution in [3.63, 3.8) is 0 Å². The average molecular weight is 319 g/mol. The lowest BCUT2D eigenvalue weighted by Crippen LogP contribution is -2.46. The minimum absolute atomic E-state index is 0.155. The van der Waals surface area contributed by atoms with Crippen LogP contribution in [-0.2, 0) is 9.53 Å². The van der Waals surface area contributed by atoms with Crippen molar-refractivity contribution in [1.29, 1.82) is 0 Å². The number of anilines is 1. The Morgan fingerprint density at radius 3 is 2.52 bits per heavy atom. The minimum atomic E-state index is -0.771. The van der Waals surface area contributed by atoms with E-state index in [9.17, 15) is 9.59 Å². The number of ether oxygens (including phenoxy) is 1. The van der Waals surface area contributed by atoms with E-state index in [1.807, 2.05) is 51.1 Å². The van der Waals surface area contributed by atoms with Gasteiger partial charge in [-0.05, 0) is 39.3 Å². The van der Waals surface area contributed by atoms with Crippen LogP contribution in [-0.4, -0.2) is 42.1 Å². The molecule has 1 fully saturated rings. The first-order chi connectivity index (χ1) is 10.8. The van der Waals surface area contributed by atoms with Gasteiger partial charge in [-0.25, -0.2) is 4.79 Å². The number of nitrogens with zero attached hydrogens (tertiary/aromatic N) is 1. The maximum atomic E-state index is 12.7. The third kappa shape index (κ3) is 4.22. The van der Waals surface area contributed by atoms with Crippen LogP contribution in [0.5, 0.6) is 0 Å². The van der Waals surface area contributed by atoms with Crippen molar-refractivity contribution >= 4 is 17.7 Å². The van der Waals surface area contributed by atoms with Gasteiger partial charge in [0.1, 0.15) is 5.60 Å². The lowest BCUT2D eigenvalue weighted by molar-refractivity contribution is -0.124. The number of carbonyl (C=O) groups excluding carboxylic acids is 2. The summed E-state index contributed by atoms with van der Waals surface area (Å²) in [5.41, 5.74) is 5.27. The van der Waals surface area contributed by atoms with Crippen molar-refractivity contribution in [3.8, 4) is 0 Å². The largest absolute Gasteiger partial charge is 0.444 e. The Balaban J connectivity index is 2.05. The molecule has 1 aliphatic heterocycles. The molecule has 0 saturated carbocycles. The summed E-state index contributed by atoms with van der Waals surface area (Å²) in [7, 11) is 0. The van der Waals surface area contributed by atoms with Crippen molar-refractivity contribution in [1.82, 2.24) is 4.90 Å². The van der Waals surface area contributed by atoms with Crippen molar-refractivity contribution in [2.75, 3.05) is 25.0 Å². The molecule has 0 aliphatic carbocycles. The lowest BCUT2D eigenvalue weighted by Gasteiger charge is -2.28. The lowest BCUT2D eigenvalue weighted by atomic mass is 9.86. The van der Waals surface area contributed by atoms with E-state index in [0.717, 1.165) is 5.69 Å². The van der Waals surface area contributed by atoms with Crippen LogP contribution >= 0.6 is 0 Å². The average Bonchev–Trinajstić information content (AvgIpc) is 2.92. The maximum Gasteiger partial charge on any atom is 0.410 e. The molecule has 1 aromatic carbocycles. The highest BCUT2D eigenvalue weighted by Crippen LogP contribution is 2.32.